The predicted molar refractivity (Wildman–Crippen MR) is 95.3 cm³/mol. The zero-order valence-electron chi connectivity index (χ0n) is 14.8. The van der Waals surface area contributed by atoms with Gasteiger partial charge in [-0.15, -0.1) is 0 Å². The number of piperazine rings is 1. The van der Waals surface area contributed by atoms with Crippen LogP contribution < -0.4 is 15.5 Å². The lowest BCUT2D eigenvalue weighted by Gasteiger charge is -2.37. The number of rotatable bonds is 5. The lowest BCUT2D eigenvalue weighted by atomic mass is 10.1. The zero-order chi connectivity index (χ0) is 16.4. The molecular formula is C17H30N6. The molecule has 0 unspecified atom stereocenters. The highest BCUT2D eigenvalue weighted by molar-refractivity contribution is 5.46. The summed E-state index contributed by atoms with van der Waals surface area (Å²) in [7, 11) is 0. The topological polar surface area (TPSA) is 56.3 Å². The minimum Gasteiger partial charge on any atom is -0.365 e. The maximum Gasteiger partial charge on any atom is 0.227 e. The van der Waals surface area contributed by atoms with Gasteiger partial charge in [0, 0.05) is 51.4 Å². The first-order valence-corrected chi connectivity index (χ1v) is 8.88. The third-order valence-corrected chi connectivity index (χ3v) is 4.79. The maximum absolute atomic E-state index is 4.82. The summed E-state index contributed by atoms with van der Waals surface area (Å²) in [4.78, 5) is 14.5. The summed E-state index contributed by atoms with van der Waals surface area (Å²) in [6.45, 7) is 15.1. The molecule has 0 spiro atoms. The number of anilines is 2. The Morgan fingerprint density at radius 1 is 1.09 bits per heavy atom. The van der Waals surface area contributed by atoms with Crippen LogP contribution in [0.1, 0.15) is 39.3 Å². The van der Waals surface area contributed by atoms with Gasteiger partial charge in [-0.05, 0) is 19.8 Å². The molecule has 128 valence electrons. The monoisotopic (exact) mass is 318 g/mol. The molecule has 0 saturated carbocycles. The second kappa shape index (κ2) is 7.01. The fraction of sp³-hybridized carbons (Fsp3) is 0.765. The molecule has 0 aliphatic carbocycles. The van der Waals surface area contributed by atoms with Crippen LogP contribution in [0.25, 0.3) is 0 Å². The Hall–Kier alpha value is -1.40. The Balaban J connectivity index is 1.74. The molecule has 23 heavy (non-hydrogen) atoms. The molecule has 1 aromatic heterocycles. The Labute approximate surface area is 139 Å². The van der Waals surface area contributed by atoms with E-state index in [0.717, 1.165) is 56.7 Å². The van der Waals surface area contributed by atoms with Crippen molar-refractivity contribution in [1.29, 1.82) is 0 Å². The third kappa shape index (κ3) is 3.93. The van der Waals surface area contributed by atoms with E-state index in [0.29, 0.717) is 18.0 Å². The van der Waals surface area contributed by atoms with Crippen LogP contribution in [0.2, 0.25) is 0 Å². The van der Waals surface area contributed by atoms with Gasteiger partial charge in [0.25, 0.3) is 0 Å². The van der Waals surface area contributed by atoms with Crippen LogP contribution in [0.5, 0.6) is 0 Å². The zero-order valence-corrected chi connectivity index (χ0v) is 14.8. The molecule has 2 saturated heterocycles. The highest BCUT2D eigenvalue weighted by atomic mass is 15.3. The smallest absolute Gasteiger partial charge is 0.227 e. The van der Waals surface area contributed by atoms with Gasteiger partial charge in [-0.2, -0.15) is 4.98 Å². The molecule has 2 aliphatic rings. The molecule has 3 heterocycles. The van der Waals surface area contributed by atoms with E-state index in [4.69, 9.17) is 9.97 Å². The second-order valence-electron chi connectivity index (χ2n) is 7.25. The summed E-state index contributed by atoms with van der Waals surface area (Å²) in [6, 6.07) is 3.22. The van der Waals surface area contributed by atoms with Crippen molar-refractivity contribution in [3.63, 3.8) is 0 Å². The van der Waals surface area contributed by atoms with Gasteiger partial charge >= 0.3 is 0 Å². The molecule has 0 atom stereocenters. The summed E-state index contributed by atoms with van der Waals surface area (Å²) in [5, 5.41) is 6.82. The number of hydrogen-bond donors (Lipinski definition) is 2. The first-order valence-electron chi connectivity index (χ1n) is 8.88. The van der Waals surface area contributed by atoms with Gasteiger partial charge in [0.1, 0.15) is 5.82 Å². The summed E-state index contributed by atoms with van der Waals surface area (Å²) >= 11 is 0. The van der Waals surface area contributed by atoms with Crippen LogP contribution in [-0.4, -0.2) is 66.2 Å². The average molecular weight is 318 g/mol. The lowest BCUT2D eigenvalue weighted by molar-refractivity contribution is 0.208. The number of hydrogen-bond acceptors (Lipinski definition) is 6. The largest absolute Gasteiger partial charge is 0.365 e. The van der Waals surface area contributed by atoms with Crippen molar-refractivity contribution >= 4 is 11.8 Å². The molecule has 0 bridgehead atoms. The molecule has 2 aliphatic heterocycles. The van der Waals surface area contributed by atoms with Crippen molar-refractivity contribution in [3.8, 4) is 0 Å². The van der Waals surface area contributed by atoms with Crippen LogP contribution in [0.3, 0.4) is 0 Å². The molecule has 1 aromatic rings. The Morgan fingerprint density at radius 2 is 1.78 bits per heavy atom. The lowest BCUT2D eigenvalue weighted by Crippen LogP contribution is -2.51. The van der Waals surface area contributed by atoms with E-state index in [1.165, 1.54) is 0 Å². The summed E-state index contributed by atoms with van der Waals surface area (Å²) in [6.07, 6.45) is 0. The average Bonchev–Trinajstić information content (AvgIpc) is 2.50. The van der Waals surface area contributed by atoms with Gasteiger partial charge in [0.2, 0.25) is 5.95 Å². The molecule has 0 amide bonds. The second-order valence-corrected chi connectivity index (χ2v) is 7.25. The number of aromatic nitrogens is 2. The molecule has 6 nitrogen and oxygen atoms in total. The molecule has 3 rings (SSSR count). The van der Waals surface area contributed by atoms with Gasteiger partial charge in [-0.1, -0.05) is 13.8 Å². The SMILES string of the molecule is CC(C)c1cc(NC2CNC2)nc(N2CCN(C(C)C)CC2)n1. The fourth-order valence-electron chi connectivity index (χ4n) is 3.00. The minimum absolute atomic E-state index is 0.411. The van der Waals surface area contributed by atoms with Gasteiger partial charge < -0.3 is 15.5 Å². The Bertz CT molecular complexity index is 518. The highest BCUT2D eigenvalue weighted by Gasteiger charge is 2.23. The van der Waals surface area contributed by atoms with Gasteiger partial charge in [-0.3, -0.25) is 4.90 Å². The Kier molecular flexibility index (Phi) is 5.02. The fourth-order valence-corrected chi connectivity index (χ4v) is 3.00. The van der Waals surface area contributed by atoms with Crippen molar-refractivity contribution < 1.29 is 0 Å². The predicted octanol–water partition coefficient (Wildman–Crippen LogP) is 1.51. The van der Waals surface area contributed by atoms with Crippen LogP contribution in [-0.2, 0) is 0 Å². The summed E-state index contributed by atoms with van der Waals surface area (Å²) in [5.41, 5.74) is 1.12. The van der Waals surface area contributed by atoms with E-state index >= 15 is 0 Å². The van der Waals surface area contributed by atoms with Crippen molar-refractivity contribution in [2.24, 2.45) is 0 Å². The van der Waals surface area contributed by atoms with E-state index in [1.807, 2.05) is 0 Å². The molecule has 2 N–H and O–H groups in total. The Morgan fingerprint density at radius 3 is 2.30 bits per heavy atom. The van der Waals surface area contributed by atoms with Crippen LogP contribution in [0, 0.1) is 0 Å². The van der Waals surface area contributed by atoms with Gasteiger partial charge in [0.05, 0.1) is 11.7 Å². The standard InChI is InChI=1S/C17H30N6/c1-12(2)15-9-16(19-14-10-18-11-14)21-17(20-15)23-7-5-22(6-8-23)13(3)4/h9,12-14,18H,5-8,10-11H2,1-4H3,(H,19,20,21). The molecule has 2 fully saturated rings. The molecular weight excluding hydrogens is 288 g/mol. The van der Waals surface area contributed by atoms with E-state index in [1.54, 1.807) is 0 Å². The van der Waals surface area contributed by atoms with Gasteiger partial charge in [0.15, 0.2) is 0 Å². The number of nitrogens with zero attached hydrogens (tertiary/aromatic N) is 4. The van der Waals surface area contributed by atoms with E-state index < -0.39 is 0 Å². The van der Waals surface area contributed by atoms with Crippen LogP contribution in [0.15, 0.2) is 6.07 Å². The summed E-state index contributed by atoms with van der Waals surface area (Å²) in [5.74, 6) is 2.26. The van der Waals surface area contributed by atoms with E-state index in [2.05, 4.69) is 54.2 Å². The minimum atomic E-state index is 0.411. The van der Waals surface area contributed by atoms with Crippen molar-refractivity contribution in [3.05, 3.63) is 11.8 Å². The first-order chi connectivity index (χ1) is 11.0. The quantitative estimate of drug-likeness (QED) is 0.858. The molecule has 6 heteroatoms. The summed E-state index contributed by atoms with van der Waals surface area (Å²) < 4.78 is 0. The van der Waals surface area contributed by atoms with Gasteiger partial charge in [-0.25, -0.2) is 4.98 Å². The normalized spacial score (nSPS) is 20.2. The third-order valence-electron chi connectivity index (χ3n) is 4.79. The van der Waals surface area contributed by atoms with E-state index in [9.17, 15) is 0 Å². The number of nitrogens with one attached hydrogen (secondary N) is 2. The van der Waals surface area contributed by atoms with Crippen molar-refractivity contribution in [2.45, 2.75) is 45.7 Å². The molecule has 0 aromatic carbocycles. The molecule has 0 radical (unpaired) electrons. The van der Waals surface area contributed by atoms with Crippen LogP contribution in [0.4, 0.5) is 11.8 Å². The van der Waals surface area contributed by atoms with Crippen molar-refractivity contribution in [2.75, 3.05) is 49.5 Å². The van der Waals surface area contributed by atoms with Crippen LogP contribution >= 0.6 is 0 Å². The van der Waals surface area contributed by atoms with Crippen molar-refractivity contribution in [1.82, 2.24) is 20.2 Å². The highest BCUT2D eigenvalue weighted by Crippen LogP contribution is 2.22. The first kappa shape index (κ1) is 16.5. The van der Waals surface area contributed by atoms with E-state index in [-0.39, 0.29) is 0 Å². The maximum atomic E-state index is 4.82.